The Bertz CT molecular complexity index is 691. The first kappa shape index (κ1) is 17.2. The number of non-ortho nitro benzene ring substituents is 1. The molecule has 0 unspecified atom stereocenters. The highest BCUT2D eigenvalue weighted by atomic mass is 16.6. The largest absolute Gasteiger partial charge is 0.482 e. The molecule has 0 bridgehead atoms. The molecular weight excluding hydrogens is 314 g/mol. The van der Waals surface area contributed by atoms with Gasteiger partial charge in [0.15, 0.2) is 6.61 Å². The molecule has 0 radical (unpaired) electrons. The Morgan fingerprint density at radius 1 is 1.38 bits per heavy atom. The van der Waals surface area contributed by atoms with Crippen molar-refractivity contribution in [3.8, 4) is 5.75 Å². The van der Waals surface area contributed by atoms with E-state index in [9.17, 15) is 19.7 Å². The maximum Gasteiger partial charge on any atom is 0.271 e. The molecule has 0 saturated heterocycles. The lowest BCUT2D eigenvalue weighted by molar-refractivity contribution is -0.384. The van der Waals surface area contributed by atoms with Crippen molar-refractivity contribution < 1.29 is 19.2 Å². The molecule has 2 rings (SSSR count). The fourth-order valence-corrected chi connectivity index (χ4v) is 2.30. The van der Waals surface area contributed by atoms with Crippen LogP contribution in [0.15, 0.2) is 43.5 Å². The van der Waals surface area contributed by atoms with Gasteiger partial charge in [-0.15, -0.1) is 13.2 Å². The Kier molecular flexibility index (Phi) is 5.31. The van der Waals surface area contributed by atoms with E-state index in [1.54, 1.807) is 12.2 Å². The Morgan fingerprint density at radius 2 is 2.04 bits per heavy atom. The highest BCUT2D eigenvalue weighted by Gasteiger charge is 2.30. The van der Waals surface area contributed by atoms with E-state index in [1.807, 2.05) is 0 Å². The van der Waals surface area contributed by atoms with Crippen molar-refractivity contribution in [1.82, 2.24) is 4.90 Å². The van der Waals surface area contributed by atoms with E-state index in [-0.39, 0.29) is 30.4 Å². The summed E-state index contributed by atoms with van der Waals surface area (Å²) in [5.41, 5.74) is 0.0319. The molecule has 2 amide bonds. The van der Waals surface area contributed by atoms with Gasteiger partial charge in [-0.3, -0.25) is 24.6 Å². The number of hydrogen-bond donors (Lipinski definition) is 0. The normalized spacial score (nSPS) is 12.8. The van der Waals surface area contributed by atoms with Crippen LogP contribution in [0.1, 0.15) is 0 Å². The molecule has 0 aliphatic carbocycles. The molecule has 8 nitrogen and oxygen atoms in total. The summed E-state index contributed by atoms with van der Waals surface area (Å²) in [5, 5.41) is 10.9. The molecule has 126 valence electrons. The summed E-state index contributed by atoms with van der Waals surface area (Å²) in [6, 6.07) is 3.93. The molecular formula is C16H17N3O5. The molecule has 1 aliphatic heterocycles. The minimum absolute atomic E-state index is 0.182. The van der Waals surface area contributed by atoms with E-state index in [1.165, 1.54) is 28.0 Å². The van der Waals surface area contributed by atoms with Crippen LogP contribution in [-0.4, -0.2) is 47.9 Å². The number of anilines is 1. The van der Waals surface area contributed by atoms with Gasteiger partial charge in [0, 0.05) is 25.2 Å². The van der Waals surface area contributed by atoms with Gasteiger partial charge in [-0.1, -0.05) is 12.2 Å². The predicted octanol–water partition coefficient (Wildman–Crippen LogP) is 1.52. The fourth-order valence-electron chi connectivity index (χ4n) is 2.30. The Balaban J connectivity index is 2.29. The summed E-state index contributed by atoms with van der Waals surface area (Å²) in [6.07, 6.45) is 3.14. The first-order valence-corrected chi connectivity index (χ1v) is 7.19. The molecule has 8 heteroatoms. The number of ether oxygens (including phenoxy) is 1. The first-order chi connectivity index (χ1) is 11.5. The zero-order valence-corrected chi connectivity index (χ0v) is 13.0. The summed E-state index contributed by atoms with van der Waals surface area (Å²) < 4.78 is 5.27. The molecule has 0 aromatic heterocycles. The van der Waals surface area contributed by atoms with Crippen LogP contribution in [0.5, 0.6) is 5.75 Å². The molecule has 0 spiro atoms. The smallest absolute Gasteiger partial charge is 0.271 e. The maximum atomic E-state index is 12.4. The second-order valence-corrected chi connectivity index (χ2v) is 5.05. The van der Waals surface area contributed by atoms with Gasteiger partial charge in [-0.25, -0.2) is 0 Å². The quantitative estimate of drug-likeness (QED) is 0.429. The molecule has 1 aromatic rings. The van der Waals surface area contributed by atoms with Gasteiger partial charge in [0.25, 0.3) is 11.6 Å². The second-order valence-electron chi connectivity index (χ2n) is 5.05. The monoisotopic (exact) mass is 331 g/mol. The van der Waals surface area contributed by atoms with Crippen molar-refractivity contribution >= 4 is 23.2 Å². The Labute approximate surface area is 138 Å². The molecule has 1 heterocycles. The zero-order valence-electron chi connectivity index (χ0n) is 13.0. The second kappa shape index (κ2) is 7.40. The summed E-state index contributed by atoms with van der Waals surface area (Å²) in [7, 11) is 0. The van der Waals surface area contributed by atoms with E-state index in [2.05, 4.69) is 13.2 Å². The number of fused-ring (bicyclic) bond motifs is 1. The maximum absolute atomic E-state index is 12.4. The van der Waals surface area contributed by atoms with Crippen LogP contribution < -0.4 is 9.64 Å². The fraction of sp³-hybridized carbons (Fsp3) is 0.250. The van der Waals surface area contributed by atoms with E-state index < -0.39 is 10.8 Å². The molecule has 24 heavy (non-hydrogen) atoms. The molecule has 1 aromatic carbocycles. The standard InChI is InChI=1S/C16H17N3O5/c1-3-7-17(8-4-2)15(20)10-18-13-9-12(19(22)23)5-6-14(13)24-11-16(18)21/h3-6,9H,1-2,7-8,10-11H2. The van der Waals surface area contributed by atoms with Gasteiger partial charge in [0.05, 0.1) is 10.6 Å². The van der Waals surface area contributed by atoms with Crippen LogP contribution in [0.2, 0.25) is 0 Å². The third kappa shape index (κ3) is 3.60. The van der Waals surface area contributed by atoms with Crippen LogP contribution >= 0.6 is 0 Å². The van der Waals surface area contributed by atoms with Crippen LogP contribution in [0, 0.1) is 10.1 Å². The van der Waals surface area contributed by atoms with E-state index in [0.29, 0.717) is 18.8 Å². The number of nitrogens with zero attached hydrogens (tertiary/aromatic N) is 3. The van der Waals surface area contributed by atoms with E-state index in [0.717, 1.165) is 0 Å². The lowest BCUT2D eigenvalue weighted by Gasteiger charge is -2.30. The van der Waals surface area contributed by atoms with Crippen LogP contribution in [0.25, 0.3) is 0 Å². The number of carbonyl (C=O) groups is 2. The topological polar surface area (TPSA) is 93.0 Å². The number of benzene rings is 1. The average Bonchev–Trinajstić information content (AvgIpc) is 2.56. The van der Waals surface area contributed by atoms with Gasteiger partial charge >= 0.3 is 0 Å². The van der Waals surface area contributed by atoms with Crippen LogP contribution in [0.3, 0.4) is 0 Å². The summed E-state index contributed by atoms with van der Waals surface area (Å²) >= 11 is 0. The van der Waals surface area contributed by atoms with E-state index in [4.69, 9.17) is 4.74 Å². The van der Waals surface area contributed by atoms with Crippen molar-refractivity contribution in [3.05, 3.63) is 53.6 Å². The highest BCUT2D eigenvalue weighted by molar-refractivity contribution is 6.02. The number of amides is 2. The van der Waals surface area contributed by atoms with Gasteiger partial charge in [-0.2, -0.15) is 0 Å². The minimum atomic E-state index is -0.568. The summed E-state index contributed by atoms with van der Waals surface area (Å²) in [5.74, 6) is -0.428. The third-order valence-corrected chi connectivity index (χ3v) is 3.44. The number of carbonyl (C=O) groups excluding carboxylic acids is 2. The van der Waals surface area contributed by atoms with Gasteiger partial charge in [-0.05, 0) is 6.07 Å². The lowest BCUT2D eigenvalue weighted by Crippen LogP contribution is -2.46. The van der Waals surface area contributed by atoms with Gasteiger partial charge < -0.3 is 9.64 Å². The first-order valence-electron chi connectivity index (χ1n) is 7.19. The van der Waals surface area contributed by atoms with Gasteiger partial charge in [0.1, 0.15) is 12.3 Å². The number of nitro groups is 1. The Hall–Kier alpha value is -3.16. The van der Waals surface area contributed by atoms with E-state index >= 15 is 0 Å². The van der Waals surface area contributed by atoms with Crippen molar-refractivity contribution in [3.63, 3.8) is 0 Å². The van der Waals surface area contributed by atoms with Crippen LogP contribution in [-0.2, 0) is 9.59 Å². The van der Waals surface area contributed by atoms with Crippen molar-refractivity contribution in [2.45, 2.75) is 0 Å². The number of hydrogen-bond acceptors (Lipinski definition) is 5. The van der Waals surface area contributed by atoms with Gasteiger partial charge in [0.2, 0.25) is 5.91 Å². The Morgan fingerprint density at radius 3 is 2.62 bits per heavy atom. The summed E-state index contributed by atoms with van der Waals surface area (Å²) in [4.78, 5) is 37.6. The highest BCUT2D eigenvalue weighted by Crippen LogP contribution is 2.35. The minimum Gasteiger partial charge on any atom is -0.482 e. The molecule has 0 saturated carbocycles. The van der Waals surface area contributed by atoms with Crippen molar-refractivity contribution in [2.75, 3.05) is 31.1 Å². The van der Waals surface area contributed by atoms with Crippen molar-refractivity contribution in [2.24, 2.45) is 0 Å². The number of nitro benzene ring substituents is 1. The van der Waals surface area contributed by atoms with Crippen molar-refractivity contribution in [1.29, 1.82) is 0 Å². The number of rotatable bonds is 7. The molecule has 0 N–H and O–H groups in total. The third-order valence-electron chi connectivity index (χ3n) is 3.44. The van der Waals surface area contributed by atoms with Crippen LogP contribution in [0.4, 0.5) is 11.4 Å². The SMILES string of the molecule is C=CCN(CC=C)C(=O)CN1C(=O)COc2ccc([N+](=O)[O-])cc21. The molecule has 0 atom stereocenters. The predicted molar refractivity (Wildman–Crippen MR) is 87.9 cm³/mol. The zero-order chi connectivity index (χ0) is 17.7. The molecule has 1 aliphatic rings. The lowest BCUT2D eigenvalue weighted by atomic mass is 10.2. The summed E-state index contributed by atoms with van der Waals surface area (Å²) in [6.45, 7) is 7.34. The average molecular weight is 331 g/mol. The molecule has 0 fully saturated rings.